The number of benzene rings is 1. The number of anilines is 1. The lowest BCUT2D eigenvalue weighted by Gasteiger charge is -2.07. The fourth-order valence-corrected chi connectivity index (χ4v) is 4.63. The summed E-state index contributed by atoms with van der Waals surface area (Å²) in [7, 11) is 1.58. The van der Waals surface area contributed by atoms with Crippen molar-refractivity contribution >= 4 is 45.5 Å². The predicted molar refractivity (Wildman–Crippen MR) is 123 cm³/mol. The van der Waals surface area contributed by atoms with Crippen molar-refractivity contribution in [2.45, 2.75) is 20.8 Å². The number of carbonyl (C=O) groups is 3. The summed E-state index contributed by atoms with van der Waals surface area (Å²) in [5.74, 6) is -1.05. The molecule has 1 amide bonds. The predicted octanol–water partition coefficient (Wildman–Crippen LogP) is 4.47. The van der Waals surface area contributed by atoms with Gasteiger partial charge in [0.2, 0.25) is 0 Å². The lowest BCUT2D eigenvalue weighted by molar-refractivity contribution is -0.119. The molecular formula is C22H22N2O6S2. The molecule has 2 heterocycles. The summed E-state index contributed by atoms with van der Waals surface area (Å²) in [6.45, 7) is 5.07. The Bertz CT molecular complexity index is 1130. The number of ether oxygens (including phenoxy) is 3. The van der Waals surface area contributed by atoms with Gasteiger partial charge < -0.3 is 19.5 Å². The third-order valence-electron chi connectivity index (χ3n) is 4.50. The highest BCUT2D eigenvalue weighted by atomic mass is 32.1. The Balaban J connectivity index is 1.61. The van der Waals surface area contributed by atoms with Crippen LogP contribution >= 0.6 is 22.7 Å². The van der Waals surface area contributed by atoms with Gasteiger partial charge in [-0.25, -0.2) is 14.6 Å². The van der Waals surface area contributed by atoms with Crippen LogP contribution in [0, 0.1) is 13.8 Å². The number of thiophene rings is 1. The molecule has 3 aromatic rings. The van der Waals surface area contributed by atoms with E-state index in [2.05, 4.69) is 10.3 Å². The molecule has 1 N–H and O–H groups in total. The van der Waals surface area contributed by atoms with Crippen LogP contribution in [0.4, 0.5) is 5.00 Å². The Morgan fingerprint density at radius 1 is 1.06 bits per heavy atom. The van der Waals surface area contributed by atoms with E-state index in [1.165, 1.54) is 22.7 Å². The molecule has 0 unspecified atom stereocenters. The third kappa shape index (κ3) is 5.32. The number of nitrogens with one attached hydrogen (secondary N) is 1. The largest absolute Gasteiger partial charge is 0.497 e. The van der Waals surface area contributed by atoms with Crippen LogP contribution in [0.25, 0.3) is 10.6 Å². The minimum Gasteiger partial charge on any atom is -0.497 e. The summed E-state index contributed by atoms with van der Waals surface area (Å²) in [6.07, 6.45) is 0. The fourth-order valence-electron chi connectivity index (χ4n) is 2.77. The maximum absolute atomic E-state index is 12.3. The standard InChI is InChI=1S/C22H22N2O6S2/c1-5-29-22(27)18-12(2)13(3)32-20(18)24-17(25)10-30-21(26)16-11-31-19(23-16)14-6-8-15(28-4)9-7-14/h6-9,11H,5,10H2,1-4H3,(H,24,25). The van der Waals surface area contributed by atoms with Crippen molar-refractivity contribution in [3.63, 3.8) is 0 Å². The van der Waals surface area contributed by atoms with Gasteiger partial charge in [-0.15, -0.1) is 22.7 Å². The molecule has 0 aliphatic rings. The first kappa shape index (κ1) is 23.4. The van der Waals surface area contributed by atoms with E-state index in [9.17, 15) is 14.4 Å². The van der Waals surface area contributed by atoms with Gasteiger partial charge >= 0.3 is 11.9 Å². The average molecular weight is 475 g/mol. The SMILES string of the molecule is CCOC(=O)c1c(NC(=O)COC(=O)c2csc(-c3ccc(OC)cc3)n2)sc(C)c1C. The average Bonchev–Trinajstić information content (AvgIpc) is 3.37. The van der Waals surface area contributed by atoms with Crippen LogP contribution in [0.2, 0.25) is 0 Å². The molecule has 32 heavy (non-hydrogen) atoms. The summed E-state index contributed by atoms with van der Waals surface area (Å²) >= 11 is 2.56. The second-order valence-corrected chi connectivity index (χ2v) is 8.68. The van der Waals surface area contributed by atoms with E-state index < -0.39 is 24.5 Å². The van der Waals surface area contributed by atoms with E-state index in [4.69, 9.17) is 14.2 Å². The van der Waals surface area contributed by atoms with Crippen molar-refractivity contribution in [1.82, 2.24) is 4.98 Å². The van der Waals surface area contributed by atoms with Crippen LogP contribution in [0.3, 0.4) is 0 Å². The van der Waals surface area contributed by atoms with Crippen LogP contribution < -0.4 is 10.1 Å². The molecule has 0 saturated carbocycles. The van der Waals surface area contributed by atoms with Gasteiger partial charge in [0.15, 0.2) is 12.3 Å². The molecule has 0 radical (unpaired) electrons. The van der Waals surface area contributed by atoms with Crippen molar-refractivity contribution in [1.29, 1.82) is 0 Å². The molecule has 3 rings (SSSR count). The van der Waals surface area contributed by atoms with Crippen molar-refractivity contribution in [3.05, 3.63) is 51.3 Å². The van der Waals surface area contributed by atoms with Gasteiger partial charge in [0.1, 0.15) is 15.8 Å². The second-order valence-electron chi connectivity index (χ2n) is 6.60. The molecule has 0 spiro atoms. The molecule has 2 aromatic heterocycles. The van der Waals surface area contributed by atoms with E-state index in [1.807, 2.05) is 19.1 Å². The maximum Gasteiger partial charge on any atom is 0.358 e. The molecular weight excluding hydrogens is 452 g/mol. The molecule has 0 atom stereocenters. The highest BCUT2D eigenvalue weighted by Gasteiger charge is 2.23. The van der Waals surface area contributed by atoms with E-state index in [0.717, 1.165) is 21.8 Å². The Morgan fingerprint density at radius 2 is 1.78 bits per heavy atom. The quantitative estimate of drug-likeness (QED) is 0.480. The Hall–Kier alpha value is -3.24. The molecule has 8 nitrogen and oxygen atoms in total. The van der Waals surface area contributed by atoms with E-state index in [0.29, 0.717) is 15.6 Å². The lowest BCUT2D eigenvalue weighted by atomic mass is 10.1. The van der Waals surface area contributed by atoms with Gasteiger partial charge in [-0.2, -0.15) is 0 Å². The smallest absolute Gasteiger partial charge is 0.358 e. The van der Waals surface area contributed by atoms with Crippen molar-refractivity contribution in [3.8, 4) is 16.3 Å². The molecule has 1 aromatic carbocycles. The highest BCUT2D eigenvalue weighted by molar-refractivity contribution is 7.16. The summed E-state index contributed by atoms with van der Waals surface area (Å²) < 4.78 is 15.3. The number of amides is 1. The first-order valence-corrected chi connectivity index (χ1v) is 11.4. The number of methoxy groups -OCH3 is 1. The summed E-state index contributed by atoms with van der Waals surface area (Å²) in [5.41, 5.74) is 2.01. The van der Waals surface area contributed by atoms with Gasteiger partial charge in [0.05, 0.1) is 19.3 Å². The van der Waals surface area contributed by atoms with Crippen LogP contribution in [0.5, 0.6) is 5.75 Å². The normalized spacial score (nSPS) is 10.5. The first-order chi connectivity index (χ1) is 15.3. The second kappa shape index (κ2) is 10.4. The molecule has 0 aliphatic heterocycles. The van der Waals surface area contributed by atoms with Crippen molar-refractivity contribution in [2.24, 2.45) is 0 Å². The lowest BCUT2D eigenvalue weighted by Crippen LogP contribution is -2.22. The highest BCUT2D eigenvalue weighted by Crippen LogP contribution is 2.33. The zero-order valence-electron chi connectivity index (χ0n) is 18.0. The van der Waals surface area contributed by atoms with E-state index >= 15 is 0 Å². The summed E-state index contributed by atoms with van der Waals surface area (Å²) in [6, 6.07) is 7.29. The number of hydrogen-bond acceptors (Lipinski definition) is 9. The van der Waals surface area contributed by atoms with Crippen LogP contribution in [0.15, 0.2) is 29.6 Å². The Morgan fingerprint density at radius 3 is 2.44 bits per heavy atom. The fraction of sp³-hybridized carbons (Fsp3) is 0.273. The number of carbonyl (C=O) groups excluding carboxylic acids is 3. The molecule has 0 bridgehead atoms. The number of nitrogens with zero attached hydrogens (tertiary/aromatic N) is 1. The zero-order chi connectivity index (χ0) is 23.3. The number of thiazole rings is 1. The van der Waals surface area contributed by atoms with Gasteiger partial charge in [0, 0.05) is 15.8 Å². The zero-order valence-corrected chi connectivity index (χ0v) is 19.6. The van der Waals surface area contributed by atoms with Gasteiger partial charge in [-0.1, -0.05) is 0 Å². The van der Waals surface area contributed by atoms with E-state index in [1.54, 1.807) is 38.5 Å². The van der Waals surface area contributed by atoms with Gasteiger partial charge in [-0.3, -0.25) is 4.79 Å². The number of esters is 2. The van der Waals surface area contributed by atoms with Crippen molar-refractivity contribution < 1.29 is 28.6 Å². The minimum absolute atomic E-state index is 0.114. The molecule has 10 heteroatoms. The number of aryl methyl sites for hydroxylation is 1. The number of aromatic nitrogens is 1. The Kier molecular flexibility index (Phi) is 7.60. The number of rotatable bonds is 8. The monoisotopic (exact) mass is 474 g/mol. The summed E-state index contributed by atoms with van der Waals surface area (Å²) in [5, 5.41) is 5.22. The first-order valence-electron chi connectivity index (χ1n) is 9.68. The minimum atomic E-state index is -0.708. The Labute approximate surface area is 193 Å². The topological polar surface area (TPSA) is 104 Å². The van der Waals surface area contributed by atoms with E-state index in [-0.39, 0.29) is 12.3 Å². The third-order valence-corrected chi connectivity index (χ3v) is 6.52. The molecule has 0 aliphatic carbocycles. The van der Waals surface area contributed by atoms with Crippen molar-refractivity contribution in [2.75, 3.05) is 25.6 Å². The molecule has 0 fully saturated rings. The van der Waals surface area contributed by atoms with Crippen LogP contribution in [-0.4, -0.2) is 43.2 Å². The van der Waals surface area contributed by atoms with Gasteiger partial charge in [-0.05, 0) is 50.6 Å². The summed E-state index contributed by atoms with van der Waals surface area (Å²) in [4.78, 5) is 42.0. The maximum atomic E-state index is 12.3. The van der Waals surface area contributed by atoms with Crippen LogP contribution in [0.1, 0.15) is 38.2 Å². The number of hydrogen-bond donors (Lipinski definition) is 1. The molecule has 168 valence electrons. The molecule has 0 saturated heterocycles. The van der Waals surface area contributed by atoms with Gasteiger partial charge in [0.25, 0.3) is 5.91 Å². The van der Waals surface area contributed by atoms with Crippen LogP contribution in [-0.2, 0) is 14.3 Å².